The minimum absolute atomic E-state index is 0.351. The Labute approximate surface area is 92.7 Å². The van der Waals surface area contributed by atoms with Gasteiger partial charge in [-0.2, -0.15) is 0 Å². The number of amides is 1. The van der Waals surface area contributed by atoms with Crippen molar-refractivity contribution in [3.8, 4) is 0 Å². The van der Waals surface area contributed by atoms with Gasteiger partial charge in [0.2, 0.25) is 5.91 Å². The van der Waals surface area contributed by atoms with Crippen LogP contribution in [0, 0.1) is 0 Å². The molecule has 0 aromatic carbocycles. The minimum Gasteiger partial charge on any atom is -0.394 e. The van der Waals surface area contributed by atoms with Gasteiger partial charge in [0, 0.05) is 6.92 Å². The van der Waals surface area contributed by atoms with Crippen LogP contribution in [-0.4, -0.2) is 57.6 Å². The molecule has 0 aromatic rings. The highest BCUT2D eigenvalue weighted by atomic mass is 32.1. The van der Waals surface area contributed by atoms with Crippen LogP contribution in [0.15, 0.2) is 0 Å². The Morgan fingerprint density at radius 2 is 2.07 bits per heavy atom. The van der Waals surface area contributed by atoms with Crippen LogP contribution in [0.2, 0.25) is 0 Å². The van der Waals surface area contributed by atoms with Gasteiger partial charge in [-0.1, -0.05) is 0 Å². The second-order valence-electron chi connectivity index (χ2n) is 3.46. The third-order valence-corrected chi connectivity index (χ3v) is 2.71. The summed E-state index contributed by atoms with van der Waals surface area (Å²) in [5.41, 5.74) is -0.760. The molecule has 5 atom stereocenters. The van der Waals surface area contributed by atoms with Crippen molar-refractivity contribution >= 4 is 18.5 Å². The monoisotopic (exact) mass is 237 g/mol. The summed E-state index contributed by atoms with van der Waals surface area (Å²) in [7, 11) is 0. The first-order valence-electron chi connectivity index (χ1n) is 4.55. The maximum absolute atomic E-state index is 10.8. The van der Waals surface area contributed by atoms with E-state index < -0.39 is 36.4 Å². The highest BCUT2D eigenvalue weighted by Gasteiger charge is 2.43. The maximum atomic E-state index is 10.8. The van der Waals surface area contributed by atoms with E-state index in [0.29, 0.717) is 0 Å². The van der Waals surface area contributed by atoms with E-state index in [2.05, 4.69) is 17.9 Å². The highest BCUT2D eigenvalue weighted by Crippen LogP contribution is 2.22. The van der Waals surface area contributed by atoms with Crippen molar-refractivity contribution in [2.75, 3.05) is 6.61 Å². The van der Waals surface area contributed by atoms with Crippen LogP contribution < -0.4 is 5.32 Å². The van der Waals surface area contributed by atoms with Gasteiger partial charge in [0.05, 0.1) is 12.6 Å². The predicted molar refractivity (Wildman–Crippen MR) is 54.4 cm³/mol. The zero-order valence-electron chi connectivity index (χ0n) is 8.20. The topological polar surface area (TPSA) is 99.0 Å². The molecular formula is C8H15NO5S. The van der Waals surface area contributed by atoms with Gasteiger partial charge < -0.3 is 25.4 Å². The molecule has 1 saturated heterocycles. The molecule has 6 nitrogen and oxygen atoms in total. The number of ether oxygens (including phenoxy) is 1. The minimum atomic E-state index is -1.24. The van der Waals surface area contributed by atoms with E-state index in [-0.39, 0.29) is 5.91 Å². The lowest BCUT2D eigenvalue weighted by Crippen LogP contribution is -2.62. The molecule has 0 aliphatic carbocycles. The molecule has 1 heterocycles. The third kappa shape index (κ3) is 2.82. The maximum Gasteiger partial charge on any atom is 0.217 e. The second-order valence-corrected chi connectivity index (χ2v) is 3.96. The number of hydrogen-bond donors (Lipinski definition) is 5. The molecular weight excluding hydrogens is 222 g/mol. The SMILES string of the molecule is CC(=O)N[C@@H]1[C@@H](O)[C@H](O)[C@@H](CO)O[C@H]1S. The largest absolute Gasteiger partial charge is 0.394 e. The normalized spacial score (nSPS) is 41.3. The fourth-order valence-electron chi connectivity index (χ4n) is 1.49. The average molecular weight is 237 g/mol. The number of aliphatic hydroxyl groups excluding tert-OH is 3. The number of nitrogens with one attached hydrogen (secondary N) is 1. The summed E-state index contributed by atoms with van der Waals surface area (Å²) < 4.78 is 5.12. The third-order valence-electron chi connectivity index (χ3n) is 2.27. The molecule has 1 aliphatic rings. The molecule has 0 spiro atoms. The standard InChI is InChI=1S/C8H15NO5S/c1-3(11)9-5-7(13)6(12)4(2-10)14-8(5)15/h4-8,10,12-13,15H,2H2,1H3,(H,9,11)/t4-,5-,6-,7-,8+/m1/s1. The lowest BCUT2D eigenvalue weighted by atomic mass is 9.98. The first-order valence-corrected chi connectivity index (χ1v) is 5.06. The lowest BCUT2D eigenvalue weighted by molar-refractivity contribution is -0.173. The lowest BCUT2D eigenvalue weighted by Gasteiger charge is -2.40. The quantitative estimate of drug-likeness (QED) is 0.353. The van der Waals surface area contributed by atoms with Gasteiger partial charge >= 0.3 is 0 Å². The average Bonchev–Trinajstić information content (AvgIpc) is 2.18. The van der Waals surface area contributed by atoms with Crippen LogP contribution in [0.3, 0.4) is 0 Å². The highest BCUT2D eigenvalue weighted by molar-refractivity contribution is 7.80. The molecule has 1 fully saturated rings. The van der Waals surface area contributed by atoms with Crippen LogP contribution in [0.4, 0.5) is 0 Å². The number of rotatable bonds is 2. The Balaban J connectivity index is 2.70. The van der Waals surface area contributed by atoms with Crippen molar-refractivity contribution in [2.24, 2.45) is 0 Å². The molecule has 0 bridgehead atoms. The fraction of sp³-hybridized carbons (Fsp3) is 0.875. The van der Waals surface area contributed by atoms with Crippen molar-refractivity contribution < 1.29 is 24.9 Å². The first kappa shape index (κ1) is 12.7. The molecule has 0 saturated carbocycles. The van der Waals surface area contributed by atoms with Crippen LogP contribution in [0.5, 0.6) is 0 Å². The molecule has 88 valence electrons. The molecule has 1 rings (SSSR count). The van der Waals surface area contributed by atoms with Crippen LogP contribution in [0.25, 0.3) is 0 Å². The molecule has 15 heavy (non-hydrogen) atoms. The summed E-state index contributed by atoms with van der Waals surface area (Å²) in [5.74, 6) is -0.351. The smallest absolute Gasteiger partial charge is 0.217 e. The Kier molecular flexibility index (Phi) is 4.35. The molecule has 1 amide bonds. The summed E-state index contributed by atoms with van der Waals surface area (Å²) in [6.07, 6.45) is -3.33. The van der Waals surface area contributed by atoms with E-state index in [1.807, 2.05) is 0 Å². The fourth-order valence-corrected chi connectivity index (χ4v) is 1.89. The summed E-state index contributed by atoms with van der Waals surface area (Å²) >= 11 is 4.02. The zero-order valence-corrected chi connectivity index (χ0v) is 9.09. The van der Waals surface area contributed by atoms with E-state index in [4.69, 9.17) is 9.84 Å². The number of hydrogen-bond acceptors (Lipinski definition) is 6. The van der Waals surface area contributed by atoms with Crippen LogP contribution >= 0.6 is 12.6 Å². The summed E-state index contributed by atoms with van der Waals surface area (Å²) in [4.78, 5) is 10.8. The predicted octanol–water partition coefficient (Wildman–Crippen LogP) is -2.14. The molecule has 0 radical (unpaired) electrons. The summed E-state index contributed by atoms with van der Waals surface area (Å²) in [6.45, 7) is 0.875. The van der Waals surface area contributed by atoms with Gasteiger partial charge in [-0.25, -0.2) is 0 Å². The van der Waals surface area contributed by atoms with Crippen molar-refractivity contribution in [2.45, 2.75) is 36.7 Å². The van der Waals surface area contributed by atoms with E-state index >= 15 is 0 Å². The zero-order chi connectivity index (χ0) is 11.6. The van der Waals surface area contributed by atoms with Gasteiger partial charge in [-0.05, 0) is 0 Å². The van der Waals surface area contributed by atoms with E-state index in [0.717, 1.165) is 0 Å². The number of carbonyl (C=O) groups is 1. The number of thiol groups is 1. The Morgan fingerprint density at radius 1 is 1.47 bits per heavy atom. The van der Waals surface area contributed by atoms with E-state index in [1.165, 1.54) is 6.92 Å². The van der Waals surface area contributed by atoms with Crippen molar-refractivity contribution in [1.29, 1.82) is 0 Å². The number of aliphatic hydroxyl groups is 3. The van der Waals surface area contributed by atoms with Gasteiger partial charge in [-0.3, -0.25) is 4.79 Å². The van der Waals surface area contributed by atoms with Crippen molar-refractivity contribution in [3.05, 3.63) is 0 Å². The molecule has 7 heteroatoms. The van der Waals surface area contributed by atoms with Gasteiger partial charge in [0.25, 0.3) is 0 Å². The number of carbonyl (C=O) groups excluding carboxylic acids is 1. The van der Waals surface area contributed by atoms with Crippen molar-refractivity contribution in [1.82, 2.24) is 5.32 Å². The Bertz CT molecular complexity index is 239. The molecule has 4 N–H and O–H groups in total. The molecule has 1 aliphatic heterocycles. The van der Waals surface area contributed by atoms with E-state index in [9.17, 15) is 15.0 Å². The summed E-state index contributed by atoms with van der Waals surface area (Å²) in [6, 6.07) is -0.788. The molecule has 0 aromatic heterocycles. The van der Waals surface area contributed by atoms with Crippen molar-refractivity contribution in [3.63, 3.8) is 0 Å². The van der Waals surface area contributed by atoms with Crippen LogP contribution in [0.1, 0.15) is 6.92 Å². The first-order chi connectivity index (χ1) is 6.97. The van der Waals surface area contributed by atoms with Gasteiger partial charge in [0.15, 0.2) is 0 Å². The summed E-state index contributed by atoms with van der Waals surface area (Å²) in [5, 5.41) is 30.4. The Hall–Kier alpha value is -0.340. The second kappa shape index (κ2) is 5.13. The van der Waals surface area contributed by atoms with Gasteiger partial charge in [0.1, 0.15) is 23.7 Å². The van der Waals surface area contributed by atoms with Gasteiger partial charge in [-0.15, -0.1) is 12.6 Å². The van der Waals surface area contributed by atoms with E-state index in [1.54, 1.807) is 0 Å². The Morgan fingerprint density at radius 3 is 2.53 bits per heavy atom. The molecule has 0 unspecified atom stereocenters. The van der Waals surface area contributed by atoms with Crippen LogP contribution in [-0.2, 0) is 9.53 Å².